The summed E-state index contributed by atoms with van der Waals surface area (Å²) < 4.78 is 24.4. The molecular weight excluding hydrogens is 491 g/mol. The van der Waals surface area contributed by atoms with Gasteiger partial charge in [0.25, 0.3) is 5.91 Å². The number of fused-ring (bicyclic) bond motifs is 1. The molecule has 2 aliphatic rings. The molecule has 8 nitrogen and oxygen atoms in total. The van der Waals surface area contributed by atoms with Crippen LogP contribution in [-0.4, -0.2) is 59.9 Å². The summed E-state index contributed by atoms with van der Waals surface area (Å²) in [6.07, 6.45) is -0.115. The van der Waals surface area contributed by atoms with Gasteiger partial charge in [-0.05, 0) is 47.4 Å². The van der Waals surface area contributed by atoms with Crippen LogP contribution in [0.25, 0.3) is 11.1 Å². The first kappa shape index (κ1) is 25.4. The van der Waals surface area contributed by atoms with E-state index in [2.05, 4.69) is 5.32 Å². The quantitative estimate of drug-likeness (QED) is 0.350. The van der Waals surface area contributed by atoms with Crippen molar-refractivity contribution in [3.05, 3.63) is 83.7 Å². The summed E-state index contributed by atoms with van der Waals surface area (Å²) in [6.45, 7) is 1.37. The third kappa shape index (κ3) is 5.52. The number of nitrogens with one attached hydrogen (secondary N) is 1. The van der Waals surface area contributed by atoms with Gasteiger partial charge in [-0.15, -0.1) is 0 Å². The molecule has 0 radical (unpaired) electrons. The molecule has 1 saturated heterocycles. The highest BCUT2D eigenvalue weighted by Gasteiger charge is 2.32. The number of aliphatic hydroxyl groups excluding tert-OH is 1. The molecule has 3 aromatic rings. The Labute approximate surface area is 219 Å². The van der Waals surface area contributed by atoms with E-state index < -0.39 is 23.8 Å². The molecule has 0 aromatic heterocycles. The normalized spacial score (nSPS) is 16.2. The molecule has 1 fully saturated rings. The Bertz CT molecular complexity index is 1340. The number of amides is 2. The summed E-state index contributed by atoms with van der Waals surface area (Å²) >= 11 is 0. The number of hydrogen-bond acceptors (Lipinski definition) is 6. The Morgan fingerprint density at radius 2 is 1.61 bits per heavy atom. The molecule has 0 saturated carbocycles. The van der Waals surface area contributed by atoms with Crippen LogP contribution in [0.15, 0.2) is 66.7 Å². The lowest BCUT2D eigenvalue weighted by Gasteiger charge is -2.29. The second kappa shape index (κ2) is 11.0. The minimum Gasteiger partial charge on any atom is -0.486 e. The molecule has 0 unspecified atom stereocenters. The number of Topliss-reactive ketones (excluding diaryl/α,β-unsaturated/α-hetero) is 1. The Morgan fingerprint density at radius 3 is 2.26 bits per heavy atom. The van der Waals surface area contributed by atoms with Crippen molar-refractivity contribution in [3.8, 4) is 22.6 Å². The van der Waals surface area contributed by atoms with Gasteiger partial charge in [0.15, 0.2) is 11.5 Å². The number of likely N-dealkylation sites (tertiary alicyclic amines) is 1. The number of ether oxygens (including phenoxy) is 2. The van der Waals surface area contributed by atoms with Crippen molar-refractivity contribution in [2.24, 2.45) is 0 Å². The molecule has 38 heavy (non-hydrogen) atoms. The van der Waals surface area contributed by atoms with E-state index in [0.717, 1.165) is 11.1 Å². The van der Waals surface area contributed by atoms with Gasteiger partial charge in [0.2, 0.25) is 11.7 Å². The van der Waals surface area contributed by atoms with Crippen LogP contribution in [0.1, 0.15) is 34.9 Å². The van der Waals surface area contributed by atoms with E-state index in [1.165, 1.54) is 24.3 Å². The number of rotatable bonds is 8. The third-order valence-electron chi connectivity index (χ3n) is 6.72. The van der Waals surface area contributed by atoms with Crippen LogP contribution in [0.2, 0.25) is 0 Å². The summed E-state index contributed by atoms with van der Waals surface area (Å²) in [7, 11) is 0. The van der Waals surface area contributed by atoms with Crippen LogP contribution in [0.4, 0.5) is 4.39 Å². The van der Waals surface area contributed by atoms with Gasteiger partial charge in [-0.2, -0.15) is 0 Å². The molecule has 0 bridgehead atoms. The zero-order valence-corrected chi connectivity index (χ0v) is 20.6. The summed E-state index contributed by atoms with van der Waals surface area (Å²) in [5.74, 6) is -1.05. The fourth-order valence-electron chi connectivity index (χ4n) is 4.66. The Kier molecular flexibility index (Phi) is 7.37. The highest BCUT2D eigenvalue weighted by molar-refractivity contribution is 6.42. The number of ketones is 1. The first-order chi connectivity index (χ1) is 18.4. The van der Waals surface area contributed by atoms with Gasteiger partial charge < -0.3 is 24.8 Å². The summed E-state index contributed by atoms with van der Waals surface area (Å²) in [4.78, 5) is 39.8. The lowest BCUT2D eigenvalue weighted by molar-refractivity contribution is -0.129. The van der Waals surface area contributed by atoms with Crippen molar-refractivity contribution < 1.29 is 33.4 Å². The van der Waals surface area contributed by atoms with Gasteiger partial charge in [-0.25, -0.2) is 4.39 Å². The zero-order chi connectivity index (χ0) is 26.6. The maximum Gasteiger partial charge on any atom is 0.292 e. The average Bonchev–Trinajstić information content (AvgIpc) is 3.36. The van der Waals surface area contributed by atoms with E-state index in [9.17, 15) is 23.9 Å². The maximum absolute atomic E-state index is 13.2. The van der Waals surface area contributed by atoms with Crippen LogP contribution in [0.5, 0.6) is 11.5 Å². The molecule has 2 heterocycles. The molecule has 2 aliphatic heterocycles. The predicted octanol–water partition coefficient (Wildman–Crippen LogP) is 3.29. The van der Waals surface area contributed by atoms with Gasteiger partial charge in [-0.1, -0.05) is 42.5 Å². The van der Waals surface area contributed by atoms with Crippen LogP contribution in [-0.2, 0) is 9.59 Å². The van der Waals surface area contributed by atoms with Crippen LogP contribution in [0, 0.1) is 5.82 Å². The first-order valence-corrected chi connectivity index (χ1v) is 12.5. The second-order valence-electron chi connectivity index (χ2n) is 9.28. The standard InChI is InChI=1S/C29H27FN2O6/c30-22-10-7-19(8-11-22)18-3-5-20(6-4-18)28(35)29(36)31-23(17-32-13-1-2-26(32)33)27(34)21-9-12-24-25(16-21)38-15-14-37-24/h3-12,16,23,27,34H,1-2,13-15,17H2,(H,31,36)/t23-,27-/m1/s1. The Morgan fingerprint density at radius 1 is 0.947 bits per heavy atom. The van der Waals surface area contributed by atoms with Crippen molar-refractivity contribution in [1.82, 2.24) is 10.2 Å². The highest BCUT2D eigenvalue weighted by Crippen LogP contribution is 2.33. The minimum atomic E-state index is -1.21. The van der Waals surface area contributed by atoms with Crippen LogP contribution < -0.4 is 14.8 Å². The third-order valence-corrected chi connectivity index (χ3v) is 6.72. The number of benzene rings is 3. The van der Waals surface area contributed by atoms with Gasteiger partial charge >= 0.3 is 0 Å². The number of carbonyl (C=O) groups excluding carboxylic acids is 3. The second-order valence-corrected chi connectivity index (χ2v) is 9.28. The predicted molar refractivity (Wildman–Crippen MR) is 136 cm³/mol. The van der Waals surface area contributed by atoms with E-state index >= 15 is 0 Å². The molecule has 5 rings (SSSR count). The van der Waals surface area contributed by atoms with Gasteiger partial charge in [0.1, 0.15) is 25.1 Å². The van der Waals surface area contributed by atoms with Crippen molar-refractivity contribution in [1.29, 1.82) is 0 Å². The molecule has 2 atom stereocenters. The monoisotopic (exact) mass is 518 g/mol. The minimum absolute atomic E-state index is 0.0525. The number of halogens is 1. The SMILES string of the molecule is O=C(N[C@H](CN1CCCC1=O)[C@H](O)c1ccc2c(c1)OCCO2)C(=O)c1ccc(-c2ccc(F)cc2)cc1. The molecule has 0 spiro atoms. The van der Waals surface area contributed by atoms with E-state index in [-0.39, 0.29) is 23.8 Å². The molecule has 3 aromatic carbocycles. The summed E-state index contributed by atoms with van der Waals surface area (Å²) in [5, 5.41) is 13.9. The smallest absolute Gasteiger partial charge is 0.292 e. The van der Waals surface area contributed by atoms with Crippen molar-refractivity contribution in [2.45, 2.75) is 25.0 Å². The van der Waals surface area contributed by atoms with Crippen molar-refractivity contribution in [2.75, 3.05) is 26.3 Å². The lowest BCUT2D eigenvalue weighted by atomic mass is 9.99. The van der Waals surface area contributed by atoms with Crippen molar-refractivity contribution in [3.63, 3.8) is 0 Å². The number of nitrogens with zero attached hydrogens (tertiary/aromatic N) is 1. The molecule has 9 heteroatoms. The maximum atomic E-state index is 13.2. The molecule has 2 N–H and O–H groups in total. The van der Waals surface area contributed by atoms with E-state index in [1.54, 1.807) is 47.4 Å². The van der Waals surface area contributed by atoms with E-state index in [1.807, 2.05) is 0 Å². The first-order valence-electron chi connectivity index (χ1n) is 12.5. The Hall–Kier alpha value is -4.24. The van der Waals surface area contributed by atoms with E-state index in [4.69, 9.17) is 9.47 Å². The van der Waals surface area contributed by atoms with Gasteiger partial charge in [-0.3, -0.25) is 14.4 Å². The fraction of sp³-hybridized carbons (Fsp3) is 0.276. The van der Waals surface area contributed by atoms with Crippen LogP contribution in [0.3, 0.4) is 0 Å². The van der Waals surface area contributed by atoms with Gasteiger partial charge in [0, 0.05) is 25.1 Å². The molecule has 196 valence electrons. The number of carbonyl (C=O) groups is 3. The molecule has 0 aliphatic carbocycles. The largest absolute Gasteiger partial charge is 0.486 e. The summed E-state index contributed by atoms with van der Waals surface area (Å²) in [6, 6.07) is 16.4. The topological polar surface area (TPSA) is 105 Å². The average molecular weight is 519 g/mol. The number of aliphatic hydroxyl groups is 1. The zero-order valence-electron chi connectivity index (χ0n) is 20.6. The molecular formula is C29H27FN2O6. The fourth-order valence-corrected chi connectivity index (χ4v) is 4.66. The summed E-state index contributed by atoms with van der Waals surface area (Å²) in [5.41, 5.74) is 2.16. The van der Waals surface area contributed by atoms with Gasteiger partial charge in [0.05, 0.1) is 6.04 Å². The van der Waals surface area contributed by atoms with Crippen molar-refractivity contribution >= 4 is 17.6 Å². The lowest BCUT2D eigenvalue weighted by Crippen LogP contribution is -2.49. The highest BCUT2D eigenvalue weighted by atomic mass is 19.1. The Balaban J connectivity index is 1.33. The number of hydrogen-bond donors (Lipinski definition) is 2. The van der Waals surface area contributed by atoms with E-state index in [0.29, 0.717) is 49.7 Å². The molecule has 2 amide bonds. The van der Waals surface area contributed by atoms with Crippen LogP contribution >= 0.6 is 0 Å².